The molecule has 0 spiro atoms. The maximum absolute atomic E-state index is 12.7. The molecule has 0 radical (unpaired) electrons. The summed E-state index contributed by atoms with van der Waals surface area (Å²) in [6, 6.07) is 7.99. The minimum Gasteiger partial charge on any atom is -0.507 e. The second-order valence-corrected chi connectivity index (χ2v) is 8.68. The zero-order valence-electron chi connectivity index (χ0n) is 15.5. The lowest BCUT2D eigenvalue weighted by molar-refractivity contribution is -0.137. The molecule has 0 saturated carbocycles. The van der Waals surface area contributed by atoms with Gasteiger partial charge in [-0.15, -0.1) is 0 Å². The van der Waals surface area contributed by atoms with Crippen LogP contribution in [0.2, 0.25) is 0 Å². The molecule has 2 aromatic carbocycles. The quantitative estimate of drug-likeness (QED) is 0.816. The van der Waals surface area contributed by atoms with Crippen molar-refractivity contribution in [3.05, 3.63) is 59.2 Å². The number of amides is 1. The molecular formula is C19H19F3N2O4S. The molecule has 6 nitrogen and oxygen atoms in total. The first-order chi connectivity index (χ1) is 13.5. The third-order valence-electron chi connectivity index (χ3n) is 4.73. The SMILES string of the molecule is Cc1ccc(C(=O)N2CCN(S(=O)(=O)c3ccc(C(F)(F)F)cc3)CC2)c(O)c1. The lowest BCUT2D eigenvalue weighted by Crippen LogP contribution is -2.50. The molecule has 3 rings (SSSR count). The molecule has 1 N–H and O–H groups in total. The van der Waals surface area contributed by atoms with E-state index in [1.54, 1.807) is 13.0 Å². The van der Waals surface area contributed by atoms with Gasteiger partial charge in [-0.1, -0.05) is 6.07 Å². The van der Waals surface area contributed by atoms with Crippen molar-refractivity contribution < 1.29 is 31.5 Å². The Morgan fingerprint density at radius 3 is 2.10 bits per heavy atom. The molecule has 0 unspecified atom stereocenters. The topological polar surface area (TPSA) is 77.9 Å². The van der Waals surface area contributed by atoms with E-state index >= 15 is 0 Å². The fourth-order valence-corrected chi connectivity index (χ4v) is 4.51. The third-order valence-corrected chi connectivity index (χ3v) is 6.64. The molecule has 1 heterocycles. The normalized spacial score (nSPS) is 16.1. The Labute approximate surface area is 166 Å². The van der Waals surface area contributed by atoms with Crippen molar-refractivity contribution in [3.8, 4) is 5.75 Å². The number of carbonyl (C=O) groups is 1. The molecule has 1 aliphatic rings. The molecule has 2 aromatic rings. The minimum atomic E-state index is -4.55. The average Bonchev–Trinajstić information content (AvgIpc) is 2.67. The van der Waals surface area contributed by atoms with E-state index in [1.807, 2.05) is 0 Å². The van der Waals surface area contributed by atoms with Gasteiger partial charge in [0.15, 0.2) is 0 Å². The molecule has 0 atom stereocenters. The highest BCUT2D eigenvalue weighted by Gasteiger charge is 2.33. The van der Waals surface area contributed by atoms with Crippen molar-refractivity contribution in [1.82, 2.24) is 9.21 Å². The highest BCUT2D eigenvalue weighted by Crippen LogP contribution is 2.30. The molecule has 0 aliphatic carbocycles. The summed E-state index contributed by atoms with van der Waals surface area (Å²) in [5.74, 6) is -0.552. The summed E-state index contributed by atoms with van der Waals surface area (Å²) < 4.78 is 64.5. The van der Waals surface area contributed by atoms with Crippen LogP contribution in [0.25, 0.3) is 0 Å². The van der Waals surface area contributed by atoms with Gasteiger partial charge in [0.05, 0.1) is 16.0 Å². The summed E-state index contributed by atoms with van der Waals surface area (Å²) in [7, 11) is -3.97. The van der Waals surface area contributed by atoms with Crippen molar-refractivity contribution in [1.29, 1.82) is 0 Å². The number of sulfonamides is 1. The summed E-state index contributed by atoms with van der Waals surface area (Å²) in [4.78, 5) is 13.8. The lowest BCUT2D eigenvalue weighted by atomic mass is 10.1. The van der Waals surface area contributed by atoms with Crippen LogP contribution in [-0.2, 0) is 16.2 Å². The van der Waals surface area contributed by atoms with Crippen LogP contribution in [0.5, 0.6) is 5.75 Å². The van der Waals surface area contributed by atoms with Crippen LogP contribution in [-0.4, -0.2) is 54.8 Å². The summed E-state index contributed by atoms with van der Waals surface area (Å²) >= 11 is 0. The van der Waals surface area contributed by atoms with Crippen LogP contribution in [0.4, 0.5) is 13.2 Å². The molecule has 156 valence electrons. The highest BCUT2D eigenvalue weighted by molar-refractivity contribution is 7.89. The Balaban J connectivity index is 1.70. The monoisotopic (exact) mass is 428 g/mol. The van der Waals surface area contributed by atoms with Gasteiger partial charge in [0.25, 0.3) is 5.91 Å². The van der Waals surface area contributed by atoms with Crippen molar-refractivity contribution in [2.45, 2.75) is 18.0 Å². The molecule has 1 fully saturated rings. The lowest BCUT2D eigenvalue weighted by Gasteiger charge is -2.34. The van der Waals surface area contributed by atoms with Crippen LogP contribution >= 0.6 is 0 Å². The van der Waals surface area contributed by atoms with Crippen LogP contribution in [0.15, 0.2) is 47.4 Å². The number of nitrogens with zero attached hydrogens (tertiary/aromatic N) is 2. The van der Waals surface area contributed by atoms with Crippen LogP contribution in [0.3, 0.4) is 0 Å². The maximum Gasteiger partial charge on any atom is 0.416 e. The number of piperazine rings is 1. The van der Waals surface area contributed by atoms with Crippen molar-refractivity contribution >= 4 is 15.9 Å². The molecule has 10 heteroatoms. The molecule has 1 amide bonds. The molecule has 0 bridgehead atoms. The summed E-state index contributed by atoms with van der Waals surface area (Å²) in [5, 5.41) is 9.97. The summed E-state index contributed by atoms with van der Waals surface area (Å²) in [6.07, 6.45) is -4.55. The van der Waals surface area contributed by atoms with E-state index in [2.05, 4.69) is 0 Å². The largest absolute Gasteiger partial charge is 0.507 e. The smallest absolute Gasteiger partial charge is 0.416 e. The first kappa shape index (κ1) is 21.1. The highest BCUT2D eigenvalue weighted by atomic mass is 32.2. The molecule has 1 saturated heterocycles. The zero-order chi connectivity index (χ0) is 21.4. The second-order valence-electron chi connectivity index (χ2n) is 6.74. The Kier molecular flexibility index (Phi) is 5.59. The molecule has 1 aliphatic heterocycles. The van der Waals surface area contributed by atoms with E-state index in [0.717, 1.165) is 34.1 Å². The Hall–Kier alpha value is -2.59. The van der Waals surface area contributed by atoms with Gasteiger partial charge in [-0.3, -0.25) is 4.79 Å². The fraction of sp³-hybridized carbons (Fsp3) is 0.316. The van der Waals surface area contributed by atoms with Gasteiger partial charge in [-0.05, 0) is 48.9 Å². The molecule has 0 aromatic heterocycles. The third kappa shape index (κ3) is 4.38. The van der Waals surface area contributed by atoms with Gasteiger partial charge >= 0.3 is 6.18 Å². The first-order valence-corrected chi connectivity index (χ1v) is 10.2. The number of alkyl halides is 3. The Morgan fingerprint density at radius 1 is 1.00 bits per heavy atom. The van der Waals surface area contributed by atoms with Gasteiger partial charge in [0.1, 0.15) is 5.75 Å². The number of aryl methyl sites for hydroxylation is 1. The number of phenolic OH excluding ortho intramolecular Hbond substituents is 1. The van der Waals surface area contributed by atoms with E-state index in [4.69, 9.17) is 0 Å². The number of halogens is 3. The van der Waals surface area contributed by atoms with Crippen LogP contribution < -0.4 is 0 Å². The Bertz CT molecular complexity index is 1010. The average molecular weight is 428 g/mol. The zero-order valence-corrected chi connectivity index (χ0v) is 16.3. The van der Waals surface area contributed by atoms with E-state index in [9.17, 15) is 31.5 Å². The van der Waals surface area contributed by atoms with Crippen LogP contribution in [0.1, 0.15) is 21.5 Å². The van der Waals surface area contributed by atoms with Gasteiger partial charge in [0, 0.05) is 26.2 Å². The van der Waals surface area contributed by atoms with E-state index in [1.165, 1.54) is 17.0 Å². The van der Waals surface area contributed by atoms with Crippen LogP contribution in [0, 0.1) is 6.92 Å². The van der Waals surface area contributed by atoms with Gasteiger partial charge in [0.2, 0.25) is 10.0 Å². The van der Waals surface area contributed by atoms with E-state index < -0.39 is 27.7 Å². The van der Waals surface area contributed by atoms with Gasteiger partial charge in [-0.25, -0.2) is 8.42 Å². The standard InChI is InChI=1S/C19H19F3N2O4S/c1-13-2-7-16(17(25)12-13)18(26)23-8-10-24(11-9-23)29(27,28)15-5-3-14(4-6-15)19(20,21)22/h2-7,12,25H,8-11H2,1H3. The van der Waals surface area contributed by atoms with Crippen molar-refractivity contribution in [2.75, 3.05) is 26.2 Å². The predicted molar refractivity (Wildman–Crippen MR) is 99.0 cm³/mol. The van der Waals surface area contributed by atoms with Crippen molar-refractivity contribution in [2.24, 2.45) is 0 Å². The second kappa shape index (κ2) is 7.68. The predicted octanol–water partition coefficient (Wildman–Crippen LogP) is 2.87. The number of hydrogen-bond donors (Lipinski definition) is 1. The maximum atomic E-state index is 12.7. The fourth-order valence-electron chi connectivity index (χ4n) is 3.09. The minimum absolute atomic E-state index is 0.00171. The number of phenols is 1. The van der Waals surface area contributed by atoms with E-state index in [-0.39, 0.29) is 42.4 Å². The van der Waals surface area contributed by atoms with Gasteiger partial charge in [-0.2, -0.15) is 17.5 Å². The summed E-state index contributed by atoms with van der Waals surface area (Å²) in [6.45, 7) is 1.99. The number of rotatable bonds is 3. The van der Waals surface area contributed by atoms with Gasteiger partial charge < -0.3 is 10.0 Å². The molecule has 29 heavy (non-hydrogen) atoms. The number of aromatic hydroxyl groups is 1. The Morgan fingerprint density at radius 2 is 1.59 bits per heavy atom. The van der Waals surface area contributed by atoms with Crippen molar-refractivity contribution in [3.63, 3.8) is 0 Å². The summed E-state index contributed by atoms with van der Waals surface area (Å²) in [5.41, 5.74) is 0.00548. The van der Waals surface area contributed by atoms with E-state index in [0.29, 0.717) is 0 Å². The number of hydrogen-bond acceptors (Lipinski definition) is 4. The molecular weight excluding hydrogens is 409 g/mol. The first-order valence-electron chi connectivity index (χ1n) is 8.76. The number of carbonyl (C=O) groups excluding carboxylic acids is 1. The number of benzene rings is 2.